The second-order valence-corrected chi connectivity index (χ2v) is 6.81. The van der Waals surface area contributed by atoms with Gasteiger partial charge in [-0.25, -0.2) is 0 Å². The van der Waals surface area contributed by atoms with Crippen LogP contribution in [0.4, 0.5) is 5.69 Å². The number of aryl methyl sites for hydroxylation is 2. The van der Waals surface area contributed by atoms with E-state index >= 15 is 0 Å². The van der Waals surface area contributed by atoms with Crippen molar-refractivity contribution in [1.29, 1.82) is 0 Å². The Morgan fingerprint density at radius 2 is 2.00 bits per heavy atom. The van der Waals surface area contributed by atoms with Gasteiger partial charge in [-0.3, -0.25) is 24.5 Å². The highest BCUT2D eigenvalue weighted by Gasteiger charge is 2.24. The summed E-state index contributed by atoms with van der Waals surface area (Å²) in [6.45, 7) is 5.44. The summed E-state index contributed by atoms with van der Waals surface area (Å²) in [5.41, 5.74) is 2.24. The topological polar surface area (TPSA) is 84.5 Å². The molecule has 0 N–H and O–H groups in total. The molecule has 0 bridgehead atoms. The molecule has 0 saturated carbocycles. The van der Waals surface area contributed by atoms with Crippen molar-refractivity contribution in [3.63, 3.8) is 0 Å². The molecule has 1 aromatic carbocycles. The summed E-state index contributed by atoms with van der Waals surface area (Å²) < 4.78 is 1.80. The van der Waals surface area contributed by atoms with Crippen molar-refractivity contribution < 1.29 is 9.72 Å². The van der Waals surface area contributed by atoms with Crippen molar-refractivity contribution in [1.82, 2.24) is 19.6 Å². The first-order valence-electron chi connectivity index (χ1n) is 8.30. The van der Waals surface area contributed by atoms with Crippen LogP contribution in [0.5, 0.6) is 0 Å². The zero-order chi connectivity index (χ0) is 18.8. The minimum absolute atomic E-state index is 0.0307. The van der Waals surface area contributed by atoms with Crippen LogP contribution in [0, 0.1) is 17.0 Å². The molecule has 0 aliphatic carbocycles. The average molecular weight is 378 g/mol. The number of aromatic nitrogens is 2. The summed E-state index contributed by atoms with van der Waals surface area (Å²) in [4.78, 5) is 27.1. The Balaban J connectivity index is 1.62. The fourth-order valence-corrected chi connectivity index (χ4v) is 3.31. The van der Waals surface area contributed by atoms with E-state index in [1.54, 1.807) is 9.58 Å². The molecule has 2 heterocycles. The van der Waals surface area contributed by atoms with Crippen molar-refractivity contribution in [3.05, 3.63) is 56.4 Å². The van der Waals surface area contributed by atoms with Crippen molar-refractivity contribution in [2.45, 2.75) is 13.5 Å². The first-order valence-corrected chi connectivity index (χ1v) is 8.67. The first kappa shape index (κ1) is 18.3. The van der Waals surface area contributed by atoms with Crippen LogP contribution in [-0.4, -0.2) is 56.6 Å². The lowest BCUT2D eigenvalue weighted by molar-refractivity contribution is -0.384. The fourth-order valence-electron chi connectivity index (χ4n) is 3.12. The minimum atomic E-state index is -0.576. The van der Waals surface area contributed by atoms with E-state index < -0.39 is 4.92 Å². The van der Waals surface area contributed by atoms with E-state index in [9.17, 15) is 14.9 Å². The summed E-state index contributed by atoms with van der Waals surface area (Å²) in [5.74, 6) is -0.207. The van der Waals surface area contributed by atoms with E-state index in [1.807, 2.05) is 20.2 Å². The molecule has 1 aliphatic heterocycles. The van der Waals surface area contributed by atoms with Gasteiger partial charge in [-0.05, 0) is 19.1 Å². The highest BCUT2D eigenvalue weighted by Crippen LogP contribution is 2.26. The number of nitrogens with zero attached hydrogens (tertiary/aromatic N) is 5. The first-order chi connectivity index (χ1) is 12.3. The monoisotopic (exact) mass is 377 g/mol. The van der Waals surface area contributed by atoms with Gasteiger partial charge in [-0.1, -0.05) is 11.6 Å². The number of carbonyl (C=O) groups is 1. The third-order valence-electron chi connectivity index (χ3n) is 4.56. The van der Waals surface area contributed by atoms with Crippen LogP contribution < -0.4 is 0 Å². The zero-order valence-corrected chi connectivity index (χ0v) is 15.4. The summed E-state index contributed by atoms with van der Waals surface area (Å²) >= 11 is 5.81. The van der Waals surface area contributed by atoms with E-state index in [2.05, 4.69) is 10.00 Å². The van der Waals surface area contributed by atoms with Gasteiger partial charge < -0.3 is 4.90 Å². The van der Waals surface area contributed by atoms with Crippen LogP contribution in [0.15, 0.2) is 24.4 Å². The Kier molecular flexibility index (Phi) is 5.24. The number of piperazine rings is 1. The van der Waals surface area contributed by atoms with E-state index in [-0.39, 0.29) is 22.2 Å². The number of amides is 1. The number of halogens is 1. The van der Waals surface area contributed by atoms with Gasteiger partial charge in [0.25, 0.3) is 11.6 Å². The molecule has 0 radical (unpaired) electrons. The third kappa shape index (κ3) is 3.86. The summed E-state index contributed by atoms with van der Waals surface area (Å²) in [6.07, 6.45) is 2.01. The standard InChI is InChI=1S/C17H20ClN5O3/c1-12-14(10-20(2)19-12)11-21-5-7-22(8-6-21)17(24)13-3-4-15(18)16(9-13)23(25)26/h3-4,9-10H,5-8,11H2,1-2H3. The average Bonchev–Trinajstić information content (AvgIpc) is 2.92. The van der Waals surface area contributed by atoms with Crippen molar-refractivity contribution in [3.8, 4) is 0 Å². The number of hydrogen-bond donors (Lipinski definition) is 0. The second kappa shape index (κ2) is 7.43. The van der Waals surface area contributed by atoms with Gasteiger partial charge in [0.2, 0.25) is 0 Å². The van der Waals surface area contributed by atoms with E-state index in [0.29, 0.717) is 13.1 Å². The molecule has 1 aromatic heterocycles. The number of nitro benzene ring substituents is 1. The van der Waals surface area contributed by atoms with Crippen LogP contribution >= 0.6 is 11.6 Å². The summed E-state index contributed by atoms with van der Waals surface area (Å²) in [6, 6.07) is 4.17. The molecule has 138 valence electrons. The van der Waals surface area contributed by atoms with Gasteiger partial charge >= 0.3 is 0 Å². The molecule has 0 atom stereocenters. The molecule has 1 aliphatic rings. The Labute approximate surface area is 156 Å². The lowest BCUT2D eigenvalue weighted by atomic mass is 10.1. The van der Waals surface area contributed by atoms with Gasteiger partial charge in [-0.15, -0.1) is 0 Å². The van der Waals surface area contributed by atoms with Crippen molar-refractivity contribution in [2.24, 2.45) is 7.05 Å². The number of nitro groups is 1. The molecule has 26 heavy (non-hydrogen) atoms. The molecule has 0 spiro atoms. The van der Waals surface area contributed by atoms with Gasteiger partial charge in [-0.2, -0.15) is 5.10 Å². The molecule has 3 rings (SSSR count). The molecular weight excluding hydrogens is 358 g/mol. The molecular formula is C17H20ClN5O3. The molecule has 1 amide bonds. The summed E-state index contributed by atoms with van der Waals surface area (Å²) in [5, 5.41) is 15.4. The van der Waals surface area contributed by atoms with Crippen LogP contribution in [0.2, 0.25) is 5.02 Å². The SMILES string of the molecule is Cc1nn(C)cc1CN1CCN(C(=O)c2ccc(Cl)c([N+](=O)[O-])c2)CC1. The quantitative estimate of drug-likeness (QED) is 0.602. The molecule has 2 aromatic rings. The number of benzene rings is 1. The Bertz CT molecular complexity index is 843. The van der Waals surface area contributed by atoms with Crippen LogP contribution in [0.25, 0.3) is 0 Å². The van der Waals surface area contributed by atoms with Gasteiger partial charge in [0.1, 0.15) is 5.02 Å². The van der Waals surface area contributed by atoms with Gasteiger partial charge in [0.05, 0.1) is 10.6 Å². The van der Waals surface area contributed by atoms with E-state index in [4.69, 9.17) is 11.6 Å². The van der Waals surface area contributed by atoms with Crippen molar-refractivity contribution in [2.75, 3.05) is 26.2 Å². The van der Waals surface area contributed by atoms with E-state index in [1.165, 1.54) is 23.8 Å². The van der Waals surface area contributed by atoms with Crippen molar-refractivity contribution >= 4 is 23.2 Å². The lowest BCUT2D eigenvalue weighted by Gasteiger charge is -2.34. The number of carbonyl (C=O) groups excluding carboxylic acids is 1. The van der Waals surface area contributed by atoms with Crippen LogP contribution in [0.1, 0.15) is 21.6 Å². The number of rotatable bonds is 4. The van der Waals surface area contributed by atoms with Gasteiger partial charge in [0, 0.05) is 63.2 Å². The highest BCUT2D eigenvalue weighted by molar-refractivity contribution is 6.32. The zero-order valence-electron chi connectivity index (χ0n) is 14.7. The molecule has 1 saturated heterocycles. The molecule has 9 heteroatoms. The van der Waals surface area contributed by atoms with Crippen LogP contribution in [-0.2, 0) is 13.6 Å². The minimum Gasteiger partial charge on any atom is -0.336 e. The molecule has 1 fully saturated rings. The highest BCUT2D eigenvalue weighted by atomic mass is 35.5. The smallest absolute Gasteiger partial charge is 0.288 e. The summed E-state index contributed by atoms with van der Waals surface area (Å²) in [7, 11) is 1.90. The maximum absolute atomic E-state index is 12.6. The van der Waals surface area contributed by atoms with Crippen LogP contribution in [0.3, 0.4) is 0 Å². The molecule has 0 unspecified atom stereocenters. The molecule has 8 nitrogen and oxygen atoms in total. The number of hydrogen-bond acceptors (Lipinski definition) is 5. The third-order valence-corrected chi connectivity index (χ3v) is 4.88. The normalized spacial score (nSPS) is 15.3. The predicted molar refractivity (Wildman–Crippen MR) is 97.2 cm³/mol. The Hall–Kier alpha value is -2.45. The van der Waals surface area contributed by atoms with Gasteiger partial charge in [0.15, 0.2) is 0 Å². The fraction of sp³-hybridized carbons (Fsp3) is 0.412. The maximum atomic E-state index is 12.6. The Morgan fingerprint density at radius 3 is 2.58 bits per heavy atom. The Morgan fingerprint density at radius 1 is 1.31 bits per heavy atom. The van der Waals surface area contributed by atoms with E-state index in [0.717, 1.165) is 25.3 Å². The second-order valence-electron chi connectivity index (χ2n) is 6.41. The lowest BCUT2D eigenvalue weighted by Crippen LogP contribution is -2.48. The largest absolute Gasteiger partial charge is 0.336 e. The maximum Gasteiger partial charge on any atom is 0.288 e. The predicted octanol–water partition coefficient (Wildman–Crippen LogP) is 2.25.